The Morgan fingerprint density at radius 2 is 1.39 bits per heavy atom. The average Bonchev–Trinajstić information content (AvgIpc) is 2.74. The molecule has 3 nitrogen and oxygen atoms in total. The zero-order chi connectivity index (χ0) is 19.5. The van der Waals surface area contributed by atoms with Crippen LogP contribution in [0.25, 0.3) is 33.5 Å². The molecule has 3 heteroatoms. The van der Waals surface area contributed by atoms with Gasteiger partial charge in [-0.1, -0.05) is 72.8 Å². The molecule has 0 atom stereocenters. The van der Waals surface area contributed by atoms with Gasteiger partial charge in [0.1, 0.15) is 17.5 Å². The molecule has 0 bridgehead atoms. The summed E-state index contributed by atoms with van der Waals surface area (Å²) in [4.78, 5) is 4.45. The first-order valence-electron chi connectivity index (χ1n) is 9.10. The number of pyridine rings is 1. The number of hydrogen-bond acceptors (Lipinski definition) is 3. The molecule has 134 valence electrons. The summed E-state index contributed by atoms with van der Waals surface area (Å²) in [5, 5.41) is 9.68. The topological polar surface area (TPSA) is 62.7 Å². The number of nitrogens with zero attached hydrogens (tertiary/aromatic N) is 2. The Hall–Kier alpha value is -3.90. The molecule has 4 rings (SSSR count). The minimum absolute atomic E-state index is 0.250. The van der Waals surface area contributed by atoms with Crippen molar-refractivity contribution >= 4 is 5.82 Å². The second kappa shape index (κ2) is 7.38. The van der Waals surface area contributed by atoms with Crippen LogP contribution < -0.4 is 5.73 Å². The Bertz CT molecular complexity index is 1190. The summed E-state index contributed by atoms with van der Waals surface area (Å²) >= 11 is 0. The van der Waals surface area contributed by atoms with Crippen LogP contribution in [0.2, 0.25) is 0 Å². The number of nitrogen functional groups attached to an aromatic ring is 1. The van der Waals surface area contributed by atoms with Crippen molar-refractivity contribution in [1.82, 2.24) is 4.98 Å². The lowest BCUT2D eigenvalue weighted by Crippen LogP contribution is -2.00. The molecule has 0 unspecified atom stereocenters. The summed E-state index contributed by atoms with van der Waals surface area (Å²) in [5.41, 5.74) is 13.5. The normalized spacial score (nSPS) is 10.4. The van der Waals surface area contributed by atoms with Gasteiger partial charge >= 0.3 is 0 Å². The highest BCUT2D eigenvalue weighted by atomic mass is 14.8. The van der Waals surface area contributed by atoms with Crippen LogP contribution in [0, 0.1) is 18.3 Å². The van der Waals surface area contributed by atoms with Crippen LogP contribution in [0.5, 0.6) is 0 Å². The molecule has 2 N–H and O–H groups in total. The van der Waals surface area contributed by atoms with E-state index in [0.29, 0.717) is 5.56 Å². The predicted molar refractivity (Wildman–Crippen MR) is 114 cm³/mol. The Kier molecular flexibility index (Phi) is 4.62. The summed E-state index contributed by atoms with van der Waals surface area (Å²) in [7, 11) is 0. The van der Waals surface area contributed by atoms with Gasteiger partial charge in [0.2, 0.25) is 0 Å². The number of nitrogens with two attached hydrogens (primary N) is 1. The van der Waals surface area contributed by atoms with E-state index >= 15 is 0 Å². The molecule has 0 radical (unpaired) electrons. The molecule has 0 aliphatic heterocycles. The van der Waals surface area contributed by atoms with Crippen molar-refractivity contribution < 1.29 is 0 Å². The number of aryl methyl sites for hydroxylation is 1. The van der Waals surface area contributed by atoms with E-state index in [1.54, 1.807) is 0 Å². The molecule has 1 heterocycles. The van der Waals surface area contributed by atoms with Crippen LogP contribution in [0.15, 0.2) is 84.9 Å². The summed E-state index contributed by atoms with van der Waals surface area (Å²) in [5.74, 6) is 0.250. The largest absolute Gasteiger partial charge is 0.383 e. The van der Waals surface area contributed by atoms with Crippen LogP contribution in [-0.4, -0.2) is 4.98 Å². The molecule has 0 aliphatic carbocycles. The van der Waals surface area contributed by atoms with Gasteiger partial charge in [-0.25, -0.2) is 4.98 Å². The Morgan fingerprint density at radius 3 is 2.11 bits per heavy atom. The van der Waals surface area contributed by atoms with Crippen LogP contribution in [0.1, 0.15) is 11.1 Å². The molecular formula is C25H19N3. The van der Waals surface area contributed by atoms with Gasteiger partial charge < -0.3 is 5.73 Å². The monoisotopic (exact) mass is 361 g/mol. The number of nitriles is 1. The summed E-state index contributed by atoms with van der Waals surface area (Å²) in [6.45, 7) is 2.10. The van der Waals surface area contributed by atoms with Gasteiger partial charge in [0.15, 0.2) is 0 Å². The van der Waals surface area contributed by atoms with Crippen molar-refractivity contribution in [3.63, 3.8) is 0 Å². The lowest BCUT2D eigenvalue weighted by Gasteiger charge is -2.12. The Balaban J connectivity index is 1.90. The number of aromatic nitrogens is 1. The Morgan fingerprint density at radius 1 is 0.750 bits per heavy atom. The molecule has 0 saturated carbocycles. The Labute approximate surface area is 164 Å². The molecule has 0 aliphatic rings. The van der Waals surface area contributed by atoms with Crippen LogP contribution in [0.4, 0.5) is 5.82 Å². The predicted octanol–water partition coefficient (Wildman–Crippen LogP) is 5.84. The van der Waals surface area contributed by atoms with Crippen molar-refractivity contribution in [1.29, 1.82) is 5.26 Å². The van der Waals surface area contributed by atoms with E-state index in [1.165, 1.54) is 11.1 Å². The van der Waals surface area contributed by atoms with Gasteiger partial charge in [-0.3, -0.25) is 0 Å². The molecular weight excluding hydrogens is 342 g/mol. The van der Waals surface area contributed by atoms with Gasteiger partial charge in [-0.15, -0.1) is 0 Å². The maximum Gasteiger partial charge on any atom is 0.142 e. The third-order valence-electron chi connectivity index (χ3n) is 4.86. The first-order valence-corrected chi connectivity index (χ1v) is 9.10. The van der Waals surface area contributed by atoms with Gasteiger partial charge in [-0.2, -0.15) is 5.26 Å². The van der Waals surface area contributed by atoms with Crippen LogP contribution in [0.3, 0.4) is 0 Å². The molecule has 0 saturated heterocycles. The van der Waals surface area contributed by atoms with E-state index in [9.17, 15) is 5.26 Å². The molecule has 28 heavy (non-hydrogen) atoms. The van der Waals surface area contributed by atoms with Gasteiger partial charge in [0, 0.05) is 11.1 Å². The fraction of sp³-hybridized carbons (Fsp3) is 0.0400. The van der Waals surface area contributed by atoms with Crippen molar-refractivity contribution in [2.75, 3.05) is 5.73 Å². The molecule has 0 spiro atoms. The lowest BCUT2D eigenvalue weighted by atomic mass is 9.94. The molecule has 0 amide bonds. The molecule has 4 aromatic rings. The van der Waals surface area contributed by atoms with E-state index in [4.69, 9.17) is 5.73 Å². The highest BCUT2D eigenvalue weighted by Crippen LogP contribution is 2.34. The number of rotatable bonds is 3. The third kappa shape index (κ3) is 3.24. The SMILES string of the molecule is Cc1ccccc1-c1cccc(-c2cc(-c3ccccc3)nc(N)c2C#N)c1. The summed E-state index contributed by atoms with van der Waals surface area (Å²) < 4.78 is 0. The fourth-order valence-corrected chi connectivity index (χ4v) is 3.42. The van der Waals surface area contributed by atoms with E-state index in [2.05, 4.69) is 42.2 Å². The van der Waals surface area contributed by atoms with Crippen LogP contribution >= 0.6 is 0 Å². The molecule has 0 fully saturated rings. The van der Waals surface area contributed by atoms with Crippen molar-refractivity contribution in [3.05, 3.63) is 96.1 Å². The van der Waals surface area contributed by atoms with Gasteiger partial charge in [-0.05, 0) is 41.3 Å². The first-order chi connectivity index (χ1) is 13.7. The second-order valence-corrected chi connectivity index (χ2v) is 6.69. The van der Waals surface area contributed by atoms with E-state index in [1.807, 2.05) is 60.7 Å². The van der Waals surface area contributed by atoms with Crippen molar-refractivity contribution in [2.24, 2.45) is 0 Å². The summed E-state index contributed by atoms with van der Waals surface area (Å²) in [6.07, 6.45) is 0. The lowest BCUT2D eigenvalue weighted by molar-refractivity contribution is 1.31. The maximum absolute atomic E-state index is 9.68. The third-order valence-corrected chi connectivity index (χ3v) is 4.86. The highest BCUT2D eigenvalue weighted by molar-refractivity contribution is 5.82. The average molecular weight is 361 g/mol. The van der Waals surface area contributed by atoms with Gasteiger partial charge in [0.05, 0.1) is 5.69 Å². The number of hydrogen-bond donors (Lipinski definition) is 1. The number of benzene rings is 3. The zero-order valence-electron chi connectivity index (χ0n) is 15.6. The first kappa shape index (κ1) is 17.5. The maximum atomic E-state index is 9.68. The standard InChI is InChI=1S/C25H19N3/c1-17-8-5-6-13-21(17)19-11-7-12-20(14-19)22-15-24(18-9-3-2-4-10-18)28-25(27)23(22)16-26/h2-15H,1H3,(H2,27,28). The van der Waals surface area contributed by atoms with Crippen LogP contribution in [-0.2, 0) is 0 Å². The van der Waals surface area contributed by atoms with E-state index < -0.39 is 0 Å². The summed E-state index contributed by atoms with van der Waals surface area (Å²) in [6, 6.07) is 30.5. The smallest absolute Gasteiger partial charge is 0.142 e. The zero-order valence-corrected chi connectivity index (χ0v) is 15.6. The minimum Gasteiger partial charge on any atom is -0.383 e. The molecule has 1 aromatic heterocycles. The fourth-order valence-electron chi connectivity index (χ4n) is 3.42. The number of anilines is 1. The quantitative estimate of drug-likeness (QED) is 0.498. The second-order valence-electron chi connectivity index (χ2n) is 6.69. The van der Waals surface area contributed by atoms with Crippen molar-refractivity contribution in [2.45, 2.75) is 6.92 Å². The van der Waals surface area contributed by atoms with Crippen molar-refractivity contribution in [3.8, 4) is 39.6 Å². The van der Waals surface area contributed by atoms with E-state index in [0.717, 1.165) is 27.9 Å². The van der Waals surface area contributed by atoms with Gasteiger partial charge in [0.25, 0.3) is 0 Å². The van der Waals surface area contributed by atoms with E-state index in [-0.39, 0.29) is 5.82 Å². The minimum atomic E-state index is 0.250. The highest BCUT2D eigenvalue weighted by Gasteiger charge is 2.14. The molecule has 3 aromatic carbocycles.